The second-order valence-corrected chi connectivity index (χ2v) is 13.2. The van der Waals surface area contributed by atoms with E-state index in [0.29, 0.717) is 43.8 Å². The van der Waals surface area contributed by atoms with Crippen LogP contribution in [0.25, 0.3) is 0 Å². The van der Waals surface area contributed by atoms with Gasteiger partial charge in [0, 0.05) is 25.6 Å². The molecule has 2 amide bonds. The normalized spacial score (nSPS) is 11.1. The van der Waals surface area contributed by atoms with Gasteiger partial charge in [0.25, 0.3) is 5.91 Å². The monoisotopic (exact) mass is 697 g/mol. The van der Waals surface area contributed by atoms with Crippen molar-refractivity contribution in [2.45, 2.75) is 38.7 Å². The molecule has 0 atom stereocenters. The summed E-state index contributed by atoms with van der Waals surface area (Å²) in [7, 11) is -2.11. The summed E-state index contributed by atoms with van der Waals surface area (Å²) in [6, 6.07) is 20.2. The maximum absolute atomic E-state index is 15.0. The number of hydrogen-bond acceptors (Lipinski definition) is 9. The van der Waals surface area contributed by atoms with Crippen molar-refractivity contribution in [3.05, 3.63) is 101 Å². The Morgan fingerprint density at radius 1 is 0.938 bits per heavy atom. The molecule has 0 saturated carbocycles. The second-order valence-electron chi connectivity index (χ2n) is 10.8. The highest BCUT2D eigenvalue weighted by atomic mass is 35.5. The number of rotatable bonds is 17. The summed E-state index contributed by atoms with van der Waals surface area (Å²) in [5, 5.41) is 8.73. The van der Waals surface area contributed by atoms with Gasteiger partial charge in [-0.05, 0) is 48.7 Å². The van der Waals surface area contributed by atoms with E-state index in [1.54, 1.807) is 24.3 Å². The van der Waals surface area contributed by atoms with Gasteiger partial charge in [0.2, 0.25) is 21.9 Å². The molecule has 4 rings (SSSR count). The van der Waals surface area contributed by atoms with Crippen molar-refractivity contribution in [2.75, 3.05) is 34.8 Å². The number of amides is 2. The third kappa shape index (κ3) is 10.9. The minimum atomic E-state index is -3.54. The van der Waals surface area contributed by atoms with E-state index in [2.05, 4.69) is 31.4 Å². The fraction of sp³-hybridized carbons (Fsp3) is 0.273. The van der Waals surface area contributed by atoms with E-state index in [-0.39, 0.29) is 33.9 Å². The van der Waals surface area contributed by atoms with Crippen LogP contribution >= 0.6 is 11.6 Å². The van der Waals surface area contributed by atoms with Crippen LogP contribution < -0.4 is 25.7 Å². The molecule has 15 heteroatoms. The van der Waals surface area contributed by atoms with Gasteiger partial charge in [-0.15, -0.1) is 0 Å². The maximum atomic E-state index is 15.0. The largest absolute Gasteiger partial charge is 0.352 e. The average molecular weight is 698 g/mol. The van der Waals surface area contributed by atoms with Crippen LogP contribution in [0.15, 0.2) is 79.0 Å². The molecule has 48 heavy (non-hydrogen) atoms. The molecule has 4 aromatic rings. The summed E-state index contributed by atoms with van der Waals surface area (Å²) in [4.78, 5) is 38.2. The van der Waals surface area contributed by atoms with Gasteiger partial charge in [0.1, 0.15) is 10.8 Å². The molecule has 0 fully saturated rings. The van der Waals surface area contributed by atoms with Gasteiger partial charge in [-0.25, -0.2) is 23.3 Å². The summed E-state index contributed by atoms with van der Waals surface area (Å²) >= 11 is 6.30. The van der Waals surface area contributed by atoms with Gasteiger partial charge in [-0.2, -0.15) is 4.98 Å². The van der Waals surface area contributed by atoms with E-state index < -0.39 is 21.7 Å². The fourth-order valence-corrected chi connectivity index (χ4v) is 5.10. The lowest BCUT2D eigenvalue weighted by Gasteiger charge is -2.21. The molecule has 1 heterocycles. The van der Waals surface area contributed by atoms with E-state index in [1.165, 1.54) is 25.4 Å². The van der Waals surface area contributed by atoms with Gasteiger partial charge in [-0.3, -0.25) is 18.7 Å². The lowest BCUT2D eigenvalue weighted by molar-refractivity contribution is -0.134. The zero-order valence-corrected chi connectivity index (χ0v) is 28.1. The first-order valence-electron chi connectivity index (χ1n) is 15.1. The maximum Gasteiger partial charge on any atom is 0.251 e. The zero-order chi connectivity index (χ0) is 34.5. The molecular weight excluding hydrogens is 661 g/mol. The highest BCUT2D eigenvalue weighted by Crippen LogP contribution is 2.32. The Kier molecular flexibility index (Phi) is 13.1. The van der Waals surface area contributed by atoms with Crippen molar-refractivity contribution >= 4 is 62.3 Å². The van der Waals surface area contributed by atoms with Crippen LogP contribution in [0.3, 0.4) is 0 Å². The van der Waals surface area contributed by atoms with Gasteiger partial charge in [0.05, 0.1) is 36.1 Å². The number of carbonyl (C=O) groups excluding carboxylic acids is 2. The second kappa shape index (κ2) is 17.4. The molecule has 12 nitrogen and oxygen atoms in total. The number of sulfonamides is 1. The number of anilines is 5. The van der Waals surface area contributed by atoms with Gasteiger partial charge >= 0.3 is 0 Å². The van der Waals surface area contributed by atoms with Crippen LogP contribution in [0.2, 0.25) is 5.02 Å². The Hall–Kier alpha value is -4.79. The Morgan fingerprint density at radius 2 is 1.67 bits per heavy atom. The van der Waals surface area contributed by atoms with E-state index in [9.17, 15) is 22.4 Å². The predicted molar refractivity (Wildman–Crippen MR) is 184 cm³/mol. The third-order valence-electron chi connectivity index (χ3n) is 7.10. The van der Waals surface area contributed by atoms with Crippen molar-refractivity contribution < 1.29 is 27.2 Å². The van der Waals surface area contributed by atoms with E-state index in [4.69, 9.17) is 16.4 Å². The minimum absolute atomic E-state index is 0.0177. The summed E-state index contributed by atoms with van der Waals surface area (Å²) in [5.41, 5.74) is 4.39. The molecule has 0 bridgehead atoms. The molecule has 4 N–H and O–H groups in total. The van der Waals surface area contributed by atoms with Crippen molar-refractivity contribution in [3.63, 3.8) is 0 Å². The van der Waals surface area contributed by atoms with Crippen LogP contribution in [0.4, 0.5) is 33.2 Å². The van der Waals surface area contributed by atoms with Gasteiger partial charge in [-0.1, -0.05) is 66.9 Å². The first kappa shape index (κ1) is 36.1. The summed E-state index contributed by atoms with van der Waals surface area (Å²) in [6.07, 6.45) is 5.77. The molecule has 0 spiro atoms. The highest BCUT2D eigenvalue weighted by Gasteiger charge is 2.17. The first-order chi connectivity index (χ1) is 23.0. The Labute approximate surface area is 284 Å². The molecule has 1 aromatic heterocycles. The summed E-state index contributed by atoms with van der Waals surface area (Å²) in [5.74, 6) is -1.11. The van der Waals surface area contributed by atoms with Crippen molar-refractivity contribution in [3.8, 4) is 0 Å². The Bertz CT molecular complexity index is 1820. The van der Waals surface area contributed by atoms with Crippen molar-refractivity contribution in [2.24, 2.45) is 0 Å². The first-order valence-corrected chi connectivity index (χ1v) is 17.4. The molecule has 3 aromatic carbocycles. The zero-order valence-electron chi connectivity index (χ0n) is 26.5. The average Bonchev–Trinajstić information content (AvgIpc) is 3.06. The number of aromatic nitrogens is 2. The number of benzene rings is 3. The lowest BCUT2D eigenvalue weighted by atomic mass is 10.1. The number of carbonyl (C=O) groups is 2. The number of nitrogens with zero attached hydrogens (tertiary/aromatic N) is 3. The van der Waals surface area contributed by atoms with Crippen LogP contribution in [-0.4, -0.2) is 50.0 Å². The highest BCUT2D eigenvalue weighted by molar-refractivity contribution is 7.92. The molecular formula is C33H37ClFN7O5S. The Morgan fingerprint density at radius 3 is 2.42 bits per heavy atom. The van der Waals surface area contributed by atoms with Crippen LogP contribution in [-0.2, 0) is 26.3 Å². The topological polar surface area (TPSA) is 155 Å². The van der Waals surface area contributed by atoms with Crippen molar-refractivity contribution in [1.82, 2.24) is 20.8 Å². The Balaban J connectivity index is 1.21. The number of hydroxylamine groups is 1. The number of nitrogens with one attached hydrogen (secondary N) is 4. The van der Waals surface area contributed by atoms with Gasteiger partial charge in [0.15, 0.2) is 5.82 Å². The molecule has 0 unspecified atom stereocenters. The smallest absolute Gasteiger partial charge is 0.251 e. The minimum Gasteiger partial charge on any atom is -0.352 e. The number of unbranched alkanes of at least 4 members (excludes halogenated alkanes) is 3. The lowest BCUT2D eigenvalue weighted by Crippen LogP contribution is -2.25. The van der Waals surface area contributed by atoms with E-state index >= 15 is 0 Å². The van der Waals surface area contributed by atoms with Crippen LogP contribution in [0.1, 0.15) is 48.0 Å². The van der Waals surface area contributed by atoms with Crippen LogP contribution in [0, 0.1) is 5.82 Å². The molecule has 0 aliphatic heterocycles. The standard InChI is InChI=1S/C33H37ClFN7O5S/c1-42(48(2,45)46)29-15-10-9-14-28(29)38-31-25(34)21-37-33(40-31)39-27-18-17-24(20-26(27)35)32(44)36-19-11-4-3-8-16-30(43)41-47-22-23-12-6-5-7-13-23/h5-7,9-10,12-15,17-18,20-21H,3-4,8,11,16,19,22H2,1-2H3,(H,36,44)(H,41,43)(H2,37,38,39,40). The molecule has 0 aliphatic carbocycles. The third-order valence-corrected chi connectivity index (χ3v) is 8.57. The van der Waals surface area contributed by atoms with Crippen molar-refractivity contribution in [1.29, 1.82) is 0 Å². The fourth-order valence-electron chi connectivity index (χ4n) is 4.45. The molecule has 254 valence electrons. The van der Waals surface area contributed by atoms with Gasteiger partial charge < -0.3 is 16.0 Å². The van der Waals surface area contributed by atoms with E-state index in [1.807, 2.05) is 30.3 Å². The molecule has 0 aliphatic rings. The SMILES string of the molecule is CN(c1ccccc1Nc1nc(Nc2ccc(C(=O)NCCCCCCC(=O)NOCc3ccccc3)cc2F)ncc1Cl)S(C)(=O)=O. The predicted octanol–water partition coefficient (Wildman–Crippen LogP) is 6.08. The van der Waals surface area contributed by atoms with E-state index in [0.717, 1.165) is 35.0 Å². The quantitative estimate of drug-likeness (QED) is 0.0759. The molecule has 0 saturated heterocycles. The number of hydrogen-bond donors (Lipinski definition) is 4. The summed E-state index contributed by atoms with van der Waals surface area (Å²) in [6.45, 7) is 0.709. The number of para-hydroxylation sites is 2. The molecule has 0 radical (unpaired) electrons. The van der Waals surface area contributed by atoms with Crippen LogP contribution in [0.5, 0.6) is 0 Å². The number of halogens is 2. The summed E-state index contributed by atoms with van der Waals surface area (Å²) < 4.78 is 40.3.